The Kier molecular flexibility index (Phi) is 5.45. The van der Waals surface area contributed by atoms with Crippen LogP contribution in [0.15, 0.2) is 24.3 Å². The third-order valence-corrected chi connectivity index (χ3v) is 2.97. The van der Waals surface area contributed by atoms with Crippen LogP contribution in [0.4, 0.5) is 0 Å². The summed E-state index contributed by atoms with van der Waals surface area (Å²) in [4.78, 5) is 0. The van der Waals surface area contributed by atoms with Gasteiger partial charge in [-0.05, 0) is 12.5 Å². The van der Waals surface area contributed by atoms with Gasteiger partial charge in [-0.3, -0.25) is 0 Å². The first kappa shape index (κ1) is 13.3. The Hall–Kier alpha value is -1.10. The first-order valence-corrected chi connectivity index (χ1v) is 6.43. The highest BCUT2D eigenvalue weighted by molar-refractivity contribution is 5.39. The quantitative estimate of drug-likeness (QED) is 0.715. The predicted molar refractivity (Wildman–Crippen MR) is 70.0 cm³/mol. The van der Waals surface area contributed by atoms with Crippen LogP contribution in [-0.4, -0.2) is 40.1 Å². The van der Waals surface area contributed by atoms with E-state index in [0.29, 0.717) is 12.6 Å². The van der Waals surface area contributed by atoms with E-state index in [1.165, 1.54) is 5.56 Å². The highest BCUT2D eigenvalue weighted by Gasteiger charge is 2.22. The summed E-state index contributed by atoms with van der Waals surface area (Å²) in [7, 11) is 1.71. The molecule has 1 heterocycles. The first-order chi connectivity index (χ1) is 8.92. The maximum absolute atomic E-state index is 5.60. The Morgan fingerprint density at radius 2 is 2.17 bits per heavy atom. The van der Waals surface area contributed by atoms with Crippen LogP contribution in [0.2, 0.25) is 0 Å². The minimum Gasteiger partial charge on any atom is -0.491 e. The second kappa shape index (κ2) is 7.36. The third-order valence-electron chi connectivity index (χ3n) is 2.97. The van der Waals surface area contributed by atoms with Crippen molar-refractivity contribution in [3.05, 3.63) is 29.8 Å². The number of rotatable bonds is 8. The van der Waals surface area contributed by atoms with Crippen molar-refractivity contribution in [2.75, 3.05) is 40.1 Å². The van der Waals surface area contributed by atoms with E-state index in [-0.39, 0.29) is 0 Å². The summed E-state index contributed by atoms with van der Waals surface area (Å²) < 4.78 is 16.1. The van der Waals surface area contributed by atoms with Crippen molar-refractivity contribution in [3.63, 3.8) is 0 Å². The average molecular weight is 251 g/mol. The van der Waals surface area contributed by atoms with Gasteiger partial charge < -0.3 is 19.5 Å². The predicted octanol–water partition coefficient (Wildman–Crippen LogP) is 1.76. The fraction of sp³-hybridized carbons (Fsp3) is 0.571. The second-order valence-corrected chi connectivity index (χ2v) is 4.31. The van der Waals surface area contributed by atoms with Gasteiger partial charge in [0.25, 0.3) is 0 Å². The van der Waals surface area contributed by atoms with Crippen LogP contribution < -0.4 is 10.1 Å². The summed E-state index contributed by atoms with van der Waals surface area (Å²) in [5.74, 6) is 0.996. The van der Waals surface area contributed by atoms with Gasteiger partial charge in [0, 0.05) is 32.4 Å². The summed E-state index contributed by atoms with van der Waals surface area (Å²) in [5, 5.41) is 3.45. The zero-order chi connectivity index (χ0) is 12.6. The molecule has 0 amide bonds. The summed E-state index contributed by atoms with van der Waals surface area (Å²) in [6, 6.07) is 8.46. The van der Waals surface area contributed by atoms with Crippen molar-refractivity contribution in [2.24, 2.45) is 0 Å². The molecule has 0 bridgehead atoms. The molecule has 1 aliphatic rings. The van der Waals surface area contributed by atoms with Crippen molar-refractivity contribution in [1.29, 1.82) is 0 Å². The van der Waals surface area contributed by atoms with E-state index in [9.17, 15) is 0 Å². The second-order valence-electron chi connectivity index (χ2n) is 4.31. The molecule has 2 rings (SSSR count). The molecule has 0 saturated carbocycles. The molecule has 100 valence electrons. The van der Waals surface area contributed by atoms with Gasteiger partial charge in [-0.25, -0.2) is 0 Å². The summed E-state index contributed by atoms with van der Waals surface area (Å²) in [5.41, 5.74) is 1.25. The van der Waals surface area contributed by atoms with Gasteiger partial charge in [-0.15, -0.1) is 0 Å². The lowest BCUT2D eigenvalue weighted by molar-refractivity contribution is 0.102. The lowest BCUT2D eigenvalue weighted by atomic mass is 10.1. The summed E-state index contributed by atoms with van der Waals surface area (Å²) in [6.45, 7) is 3.80. The van der Waals surface area contributed by atoms with Crippen molar-refractivity contribution in [3.8, 4) is 5.75 Å². The molecule has 1 aliphatic heterocycles. The molecule has 18 heavy (non-hydrogen) atoms. The molecule has 0 spiro atoms. The third kappa shape index (κ3) is 3.70. The molecule has 0 fully saturated rings. The molecule has 0 saturated heterocycles. The van der Waals surface area contributed by atoms with Crippen molar-refractivity contribution in [1.82, 2.24) is 5.32 Å². The van der Waals surface area contributed by atoms with E-state index in [1.807, 2.05) is 18.2 Å². The fourth-order valence-corrected chi connectivity index (χ4v) is 2.04. The monoisotopic (exact) mass is 251 g/mol. The van der Waals surface area contributed by atoms with Crippen LogP contribution in [-0.2, 0) is 9.47 Å². The van der Waals surface area contributed by atoms with E-state index in [2.05, 4.69) is 11.4 Å². The smallest absolute Gasteiger partial charge is 0.124 e. The van der Waals surface area contributed by atoms with Crippen LogP contribution >= 0.6 is 0 Å². The first-order valence-electron chi connectivity index (χ1n) is 6.43. The molecular formula is C14H21NO3. The van der Waals surface area contributed by atoms with Gasteiger partial charge in [0.1, 0.15) is 12.4 Å². The summed E-state index contributed by atoms with van der Waals surface area (Å²) >= 11 is 0. The molecule has 0 aromatic heterocycles. The van der Waals surface area contributed by atoms with Crippen LogP contribution in [0.5, 0.6) is 5.75 Å². The molecule has 1 atom stereocenters. The fourth-order valence-electron chi connectivity index (χ4n) is 2.04. The van der Waals surface area contributed by atoms with E-state index >= 15 is 0 Å². The van der Waals surface area contributed by atoms with Crippen LogP contribution in [0.3, 0.4) is 0 Å². The molecular weight excluding hydrogens is 230 g/mol. The number of hydrogen-bond donors (Lipinski definition) is 1. The molecule has 4 heteroatoms. The van der Waals surface area contributed by atoms with Gasteiger partial charge in [-0.2, -0.15) is 0 Å². The Labute approximate surface area is 108 Å². The molecule has 0 aliphatic carbocycles. The number of para-hydroxylation sites is 1. The SMILES string of the molecule is COCCCOCCNC1COc2ccccc21. The Morgan fingerprint density at radius 3 is 3.06 bits per heavy atom. The number of hydrogen-bond acceptors (Lipinski definition) is 4. The zero-order valence-electron chi connectivity index (χ0n) is 10.9. The number of fused-ring (bicyclic) bond motifs is 1. The van der Waals surface area contributed by atoms with E-state index in [4.69, 9.17) is 14.2 Å². The Balaban J connectivity index is 1.61. The zero-order valence-corrected chi connectivity index (χ0v) is 10.9. The highest BCUT2D eigenvalue weighted by atomic mass is 16.5. The van der Waals surface area contributed by atoms with Crippen LogP contribution in [0.1, 0.15) is 18.0 Å². The molecule has 0 radical (unpaired) electrons. The minimum atomic E-state index is 0.295. The van der Waals surface area contributed by atoms with E-state index in [0.717, 1.165) is 38.5 Å². The topological polar surface area (TPSA) is 39.7 Å². The Bertz CT molecular complexity index is 357. The lowest BCUT2D eigenvalue weighted by Gasteiger charge is -2.11. The summed E-state index contributed by atoms with van der Waals surface area (Å²) in [6.07, 6.45) is 0.950. The molecule has 1 unspecified atom stereocenters. The molecule has 1 aromatic rings. The standard InChI is InChI=1S/C14H21NO3/c1-16-8-4-9-17-10-7-15-13-11-18-14-6-3-2-5-12(13)14/h2-3,5-6,13,15H,4,7-11H2,1H3. The lowest BCUT2D eigenvalue weighted by Crippen LogP contribution is -2.26. The average Bonchev–Trinajstić information content (AvgIpc) is 2.81. The van der Waals surface area contributed by atoms with E-state index < -0.39 is 0 Å². The van der Waals surface area contributed by atoms with Gasteiger partial charge in [0.15, 0.2) is 0 Å². The van der Waals surface area contributed by atoms with Crippen molar-refractivity contribution in [2.45, 2.75) is 12.5 Å². The van der Waals surface area contributed by atoms with Gasteiger partial charge in [-0.1, -0.05) is 18.2 Å². The normalized spacial score (nSPS) is 17.5. The Morgan fingerprint density at radius 1 is 1.28 bits per heavy atom. The van der Waals surface area contributed by atoms with Crippen LogP contribution in [0, 0.1) is 0 Å². The highest BCUT2D eigenvalue weighted by Crippen LogP contribution is 2.31. The maximum Gasteiger partial charge on any atom is 0.124 e. The van der Waals surface area contributed by atoms with Crippen molar-refractivity contribution < 1.29 is 14.2 Å². The number of benzene rings is 1. The number of nitrogens with one attached hydrogen (secondary N) is 1. The number of ether oxygens (including phenoxy) is 3. The van der Waals surface area contributed by atoms with Gasteiger partial charge in [0.05, 0.1) is 12.6 Å². The minimum absolute atomic E-state index is 0.295. The van der Waals surface area contributed by atoms with E-state index in [1.54, 1.807) is 7.11 Å². The van der Waals surface area contributed by atoms with Crippen LogP contribution in [0.25, 0.3) is 0 Å². The molecule has 4 nitrogen and oxygen atoms in total. The van der Waals surface area contributed by atoms with Gasteiger partial charge >= 0.3 is 0 Å². The van der Waals surface area contributed by atoms with Gasteiger partial charge in [0.2, 0.25) is 0 Å². The largest absolute Gasteiger partial charge is 0.491 e. The molecule has 1 aromatic carbocycles. The maximum atomic E-state index is 5.60. The van der Waals surface area contributed by atoms with Crippen molar-refractivity contribution >= 4 is 0 Å². The number of methoxy groups -OCH3 is 1. The molecule has 1 N–H and O–H groups in total.